The van der Waals surface area contributed by atoms with E-state index in [2.05, 4.69) is 137 Å². The van der Waals surface area contributed by atoms with Crippen LogP contribution in [0.15, 0.2) is 188 Å². The molecule has 9 aromatic rings. The van der Waals surface area contributed by atoms with Crippen molar-refractivity contribution >= 4 is 10.8 Å². The van der Waals surface area contributed by atoms with Crippen molar-refractivity contribution in [3.8, 4) is 78.9 Å². The van der Waals surface area contributed by atoms with E-state index in [0.29, 0.717) is 28.9 Å². The van der Waals surface area contributed by atoms with Gasteiger partial charge in [-0.15, -0.1) is 0 Å². The summed E-state index contributed by atoms with van der Waals surface area (Å²) in [6, 6.07) is 61.1. The molecule has 0 atom stereocenters. The Balaban J connectivity index is 1.05. The topological polar surface area (TPSA) is 64.5 Å². The van der Waals surface area contributed by atoms with Gasteiger partial charge in [0.05, 0.1) is 0 Å². The Morgan fingerprint density at radius 1 is 0.288 bits per heavy atom. The van der Waals surface area contributed by atoms with Gasteiger partial charge in [-0.05, 0) is 104 Å². The molecule has 5 heteroatoms. The maximum atomic E-state index is 4.87. The van der Waals surface area contributed by atoms with E-state index in [0.717, 1.165) is 27.8 Å². The summed E-state index contributed by atoms with van der Waals surface area (Å²) in [6.45, 7) is 0. The Morgan fingerprint density at radius 3 is 1.23 bits per heavy atom. The van der Waals surface area contributed by atoms with E-state index < -0.39 is 0 Å². The van der Waals surface area contributed by atoms with Crippen LogP contribution in [0.1, 0.15) is 0 Å². The van der Waals surface area contributed by atoms with Gasteiger partial charge < -0.3 is 0 Å². The first-order chi connectivity index (χ1) is 25.7. The molecule has 0 unspecified atom stereocenters. The van der Waals surface area contributed by atoms with Crippen LogP contribution in [0, 0.1) is 0 Å². The van der Waals surface area contributed by atoms with Crippen molar-refractivity contribution in [2.24, 2.45) is 0 Å². The maximum Gasteiger partial charge on any atom is 0.182 e. The van der Waals surface area contributed by atoms with Crippen molar-refractivity contribution in [1.82, 2.24) is 24.9 Å². The van der Waals surface area contributed by atoms with Crippen molar-refractivity contribution in [3.05, 3.63) is 188 Å². The quantitative estimate of drug-likeness (QED) is 0.169. The van der Waals surface area contributed by atoms with E-state index in [9.17, 15) is 0 Å². The van der Waals surface area contributed by atoms with Gasteiger partial charge in [0.2, 0.25) is 0 Å². The molecule has 0 radical (unpaired) electrons. The molecular formula is C47H31N5. The predicted octanol–water partition coefficient (Wildman–Crippen LogP) is 11.5. The lowest BCUT2D eigenvalue weighted by molar-refractivity contribution is 1.05. The molecule has 0 aliphatic rings. The number of aromatic nitrogens is 5. The third kappa shape index (κ3) is 6.23. The van der Waals surface area contributed by atoms with E-state index in [1.165, 1.54) is 33.0 Å². The predicted molar refractivity (Wildman–Crippen MR) is 211 cm³/mol. The molecule has 0 saturated carbocycles. The summed E-state index contributed by atoms with van der Waals surface area (Å²) in [7, 11) is 0. The van der Waals surface area contributed by atoms with Crippen molar-refractivity contribution in [3.63, 3.8) is 0 Å². The Hall–Kier alpha value is -7.11. The van der Waals surface area contributed by atoms with E-state index in [1.54, 1.807) is 12.4 Å². The summed E-state index contributed by atoms with van der Waals surface area (Å²) in [5.74, 6) is 1.56. The number of hydrogen-bond donors (Lipinski definition) is 0. The minimum Gasteiger partial charge on any atom is -0.253 e. The molecular weight excluding hydrogens is 635 g/mol. The molecule has 0 amide bonds. The Bertz CT molecular complexity index is 2630. The van der Waals surface area contributed by atoms with Crippen molar-refractivity contribution in [2.75, 3.05) is 0 Å². The molecule has 0 saturated heterocycles. The lowest BCUT2D eigenvalue weighted by Gasteiger charge is -2.11. The van der Waals surface area contributed by atoms with Crippen molar-refractivity contribution < 1.29 is 0 Å². The van der Waals surface area contributed by atoms with Crippen LogP contribution in [0.2, 0.25) is 0 Å². The van der Waals surface area contributed by atoms with E-state index in [-0.39, 0.29) is 0 Å². The molecule has 3 aromatic heterocycles. The average molecular weight is 666 g/mol. The van der Waals surface area contributed by atoms with Gasteiger partial charge in [-0.1, -0.05) is 127 Å². The highest BCUT2D eigenvalue weighted by molar-refractivity contribution is 5.97. The second-order valence-corrected chi connectivity index (χ2v) is 12.6. The van der Waals surface area contributed by atoms with Gasteiger partial charge in [0.25, 0.3) is 0 Å². The molecule has 0 N–H and O–H groups in total. The molecule has 6 aromatic carbocycles. The van der Waals surface area contributed by atoms with Crippen LogP contribution in [0.25, 0.3) is 89.7 Å². The van der Waals surface area contributed by atoms with Gasteiger partial charge in [0, 0.05) is 18.0 Å². The molecule has 0 fully saturated rings. The second kappa shape index (κ2) is 13.7. The van der Waals surface area contributed by atoms with Gasteiger partial charge in [-0.3, -0.25) is 9.97 Å². The van der Waals surface area contributed by atoms with Crippen molar-refractivity contribution in [2.45, 2.75) is 0 Å². The standard InChI is InChI=1S/C47H31N5/c1-2-22-41-32(12-1)13-11-23-42(41)39-20-9-18-37(30-39)35-16-7-14-33(28-35)34-15-8-17-36(29-34)38-19-10-21-40(31-38)45-50-46(43-24-3-5-26-48-43)52-47(51-45)44-25-4-6-27-49-44/h1-31H. The Morgan fingerprint density at radius 2 is 0.692 bits per heavy atom. The zero-order chi connectivity index (χ0) is 34.7. The second-order valence-electron chi connectivity index (χ2n) is 12.6. The average Bonchev–Trinajstić information content (AvgIpc) is 3.24. The summed E-state index contributed by atoms with van der Waals surface area (Å²) in [5, 5.41) is 2.50. The number of benzene rings is 6. The van der Waals surface area contributed by atoms with Gasteiger partial charge >= 0.3 is 0 Å². The fraction of sp³-hybridized carbons (Fsp3) is 0. The molecule has 244 valence electrons. The number of nitrogens with zero attached hydrogens (tertiary/aromatic N) is 5. The van der Waals surface area contributed by atoms with Gasteiger partial charge in [0.15, 0.2) is 17.5 Å². The minimum absolute atomic E-state index is 0.501. The number of hydrogen-bond acceptors (Lipinski definition) is 5. The molecule has 52 heavy (non-hydrogen) atoms. The first-order valence-corrected chi connectivity index (χ1v) is 17.2. The van der Waals surface area contributed by atoms with Crippen LogP contribution in [0.3, 0.4) is 0 Å². The van der Waals surface area contributed by atoms with Crippen molar-refractivity contribution in [1.29, 1.82) is 0 Å². The molecule has 0 aliphatic heterocycles. The van der Waals surface area contributed by atoms with Crippen LogP contribution in [0.4, 0.5) is 0 Å². The van der Waals surface area contributed by atoms with Crippen LogP contribution < -0.4 is 0 Å². The smallest absolute Gasteiger partial charge is 0.182 e. The minimum atomic E-state index is 0.501. The zero-order valence-electron chi connectivity index (χ0n) is 28.1. The van der Waals surface area contributed by atoms with Gasteiger partial charge in [-0.25, -0.2) is 15.0 Å². The third-order valence-corrected chi connectivity index (χ3v) is 9.23. The first-order valence-electron chi connectivity index (χ1n) is 17.2. The van der Waals surface area contributed by atoms with E-state index in [1.807, 2.05) is 48.5 Å². The largest absolute Gasteiger partial charge is 0.253 e. The SMILES string of the molecule is c1ccc(-c2nc(-c3cccc(-c4cccc(-c5cccc(-c6cccc(-c7cccc8ccccc78)c6)c5)c4)c3)nc(-c3ccccn3)n2)nc1. The van der Waals surface area contributed by atoms with E-state index in [4.69, 9.17) is 15.0 Å². The zero-order valence-corrected chi connectivity index (χ0v) is 28.1. The number of rotatable bonds is 7. The Kier molecular flexibility index (Phi) is 8.12. The van der Waals surface area contributed by atoms with Crippen LogP contribution in [-0.2, 0) is 0 Å². The third-order valence-electron chi connectivity index (χ3n) is 9.23. The first kappa shape index (κ1) is 30.9. The molecule has 3 heterocycles. The highest BCUT2D eigenvalue weighted by Gasteiger charge is 2.14. The number of fused-ring (bicyclic) bond motifs is 1. The van der Waals surface area contributed by atoms with E-state index >= 15 is 0 Å². The fourth-order valence-corrected chi connectivity index (χ4v) is 6.66. The summed E-state index contributed by atoms with van der Waals surface area (Å²) in [4.78, 5) is 23.5. The summed E-state index contributed by atoms with van der Waals surface area (Å²) < 4.78 is 0. The highest BCUT2D eigenvalue weighted by Crippen LogP contribution is 2.34. The summed E-state index contributed by atoms with van der Waals surface area (Å²) in [6.07, 6.45) is 3.48. The molecule has 0 bridgehead atoms. The molecule has 9 rings (SSSR count). The van der Waals surface area contributed by atoms with Crippen LogP contribution in [-0.4, -0.2) is 24.9 Å². The van der Waals surface area contributed by atoms with Gasteiger partial charge in [0.1, 0.15) is 11.4 Å². The maximum absolute atomic E-state index is 4.87. The lowest BCUT2D eigenvalue weighted by atomic mass is 9.93. The van der Waals surface area contributed by atoms with Crippen LogP contribution in [0.5, 0.6) is 0 Å². The normalized spacial score (nSPS) is 11.1. The van der Waals surface area contributed by atoms with Gasteiger partial charge in [-0.2, -0.15) is 0 Å². The number of pyridine rings is 2. The lowest BCUT2D eigenvalue weighted by Crippen LogP contribution is -2.01. The summed E-state index contributed by atoms with van der Waals surface area (Å²) in [5.41, 5.74) is 11.5. The monoisotopic (exact) mass is 665 g/mol. The Labute approximate surface area is 302 Å². The van der Waals surface area contributed by atoms with Crippen LogP contribution >= 0.6 is 0 Å². The highest BCUT2D eigenvalue weighted by atomic mass is 15.1. The summed E-state index contributed by atoms with van der Waals surface area (Å²) >= 11 is 0. The fourth-order valence-electron chi connectivity index (χ4n) is 6.66. The molecule has 5 nitrogen and oxygen atoms in total. The molecule has 0 aliphatic carbocycles. The molecule has 0 spiro atoms.